The molecule has 2 aliphatic carbocycles. The summed E-state index contributed by atoms with van der Waals surface area (Å²) in [5.41, 5.74) is 21.7. The Morgan fingerprint density at radius 2 is 0.817 bits per heavy atom. The molecule has 0 aliphatic heterocycles. The van der Waals surface area contributed by atoms with Crippen LogP contribution in [0.15, 0.2) is 267 Å². The van der Waals surface area contributed by atoms with Crippen LogP contribution in [-0.2, 0) is 5.41 Å². The molecule has 0 saturated heterocycles. The maximum Gasteiger partial charge on any atom is 0.0726 e. The van der Waals surface area contributed by atoms with Crippen LogP contribution in [0.4, 0.5) is 17.1 Å². The van der Waals surface area contributed by atoms with Gasteiger partial charge in [-0.05, 0) is 132 Å². The molecule has 13 aromatic rings. The van der Waals surface area contributed by atoms with E-state index in [0.717, 1.165) is 22.7 Å². The predicted molar refractivity (Wildman–Crippen MR) is 298 cm³/mol. The molecule has 1 aromatic heterocycles. The van der Waals surface area contributed by atoms with Crippen molar-refractivity contribution in [1.82, 2.24) is 4.57 Å². The summed E-state index contributed by atoms with van der Waals surface area (Å²) in [4.78, 5) is 2.48. The summed E-state index contributed by atoms with van der Waals surface area (Å²) in [7, 11) is 0. The highest BCUT2D eigenvalue weighted by Crippen LogP contribution is 2.64. The van der Waals surface area contributed by atoms with Gasteiger partial charge in [0.2, 0.25) is 0 Å². The van der Waals surface area contributed by atoms with E-state index >= 15 is 0 Å². The lowest BCUT2D eigenvalue weighted by Gasteiger charge is -2.32. The maximum atomic E-state index is 2.51. The first kappa shape index (κ1) is 39.7. The molecule has 0 radical (unpaired) electrons. The molecule has 1 unspecified atom stereocenters. The van der Waals surface area contributed by atoms with Crippen LogP contribution < -0.4 is 4.90 Å². The van der Waals surface area contributed by atoms with Crippen LogP contribution in [-0.4, -0.2) is 4.57 Å². The van der Waals surface area contributed by atoms with Crippen molar-refractivity contribution in [3.63, 3.8) is 0 Å². The number of fused-ring (bicyclic) bond motifs is 16. The number of hydrogen-bond acceptors (Lipinski definition) is 1. The molecule has 0 saturated carbocycles. The van der Waals surface area contributed by atoms with Crippen molar-refractivity contribution in [2.45, 2.75) is 5.41 Å². The SMILES string of the molecule is c1ccc(-c2ccc3c(c2)C2(c4ccccc4-3)c3ccccc3-c3ccc(N(c4ccc(-c5ccc6c7ccc8ccccc8c7n(-c7ccccc7)c6c5)cc4)c4cccc5ccccc45)cc32)cc1. The minimum atomic E-state index is -0.514. The van der Waals surface area contributed by atoms with Gasteiger partial charge in [0.25, 0.3) is 0 Å². The molecule has 330 valence electrons. The molecule has 0 fully saturated rings. The molecule has 1 atom stereocenters. The first-order valence-corrected chi connectivity index (χ1v) is 24.7. The Morgan fingerprint density at radius 3 is 1.58 bits per heavy atom. The van der Waals surface area contributed by atoms with E-state index in [0.29, 0.717) is 0 Å². The first-order valence-electron chi connectivity index (χ1n) is 24.7. The van der Waals surface area contributed by atoms with Crippen molar-refractivity contribution in [2.24, 2.45) is 0 Å². The van der Waals surface area contributed by atoms with Gasteiger partial charge >= 0.3 is 0 Å². The molecular weight excluding hydrogens is 857 g/mol. The van der Waals surface area contributed by atoms with Gasteiger partial charge in [-0.25, -0.2) is 0 Å². The summed E-state index contributed by atoms with van der Waals surface area (Å²) in [5, 5.41) is 7.41. The van der Waals surface area contributed by atoms with E-state index < -0.39 is 5.41 Å². The number of hydrogen-bond donors (Lipinski definition) is 0. The molecule has 15 rings (SSSR count). The monoisotopic (exact) mass is 900 g/mol. The van der Waals surface area contributed by atoms with Crippen LogP contribution in [0.1, 0.15) is 22.3 Å². The molecule has 12 aromatic carbocycles. The number of aromatic nitrogens is 1. The third kappa shape index (κ3) is 5.77. The van der Waals surface area contributed by atoms with E-state index in [1.807, 2.05) is 0 Å². The topological polar surface area (TPSA) is 8.17 Å². The zero-order valence-corrected chi connectivity index (χ0v) is 38.8. The van der Waals surface area contributed by atoms with E-state index in [9.17, 15) is 0 Å². The molecule has 0 amide bonds. The fourth-order valence-corrected chi connectivity index (χ4v) is 12.5. The largest absolute Gasteiger partial charge is 0.310 e. The molecule has 1 spiro atoms. The van der Waals surface area contributed by atoms with Gasteiger partial charge < -0.3 is 9.47 Å². The Hall–Kier alpha value is -9.24. The standard InChI is InChI=1S/C69H44N2/c1-3-16-45(17-4-1)49-33-38-58-56-25-11-13-27-62(56)69(64(58)42-49)63-28-14-12-26-57(63)59-41-37-53(44-65(59)69)70(66-29-15-20-47-18-7-9-23-54(47)66)52-35-30-46(31-36-52)50-34-39-60-61-40-32-48-19-8-10-24-55(48)68(61)71(67(60)43-50)51-21-5-2-6-22-51/h1-44H. The van der Waals surface area contributed by atoms with E-state index in [-0.39, 0.29) is 0 Å². The average molecular weight is 901 g/mol. The fourth-order valence-electron chi connectivity index (χ4n) is 12.5. The molecule has 1 heterocycles. The number of benzene rings is 12. The van der Waals surface area contributed by atoms with Gasteiger partial charge in [0, 0.05) is 38.6 Å². The smallest absolute Gasteiger partial charge is 0.0726 e. The Bertz CT molecular complexity index is 4260. The van der Waals surface area contributed by atoms with Crippen molar-refractivity contribution in [2.75, 3.05) is 4.90 Å². The van der Waals surface area contributed by atoms with Crippen LogP contribution in [0.25, 0.3) is 93.5 Å². The van der Waals surface area contributed by atoms with Gasteiger partial charge in [-0.2, -0.15) is 0 Å². The fraction of sp³-hybridized carbons (Fsp3) is 0.0145. The van der Waals surface area contributed by atoms with Crippen LogP contribution >= 0.6 is 0 Å². The number of rotatable bonds is 6. The lowest BCUT2D eigenvalue weighted by Crippen LogP contribution is -2.26. The number of para-hydroxylation sites is 1. The van der Waals surface area contributed by atoms with E-state index in [2.05, 4.69) is 276 Å². The van der Waals surface area contributed by atoms with Crippen molar-refractivity contribution < 1.29 is 0 Å². The lowest BCUT2D eigenvalue weighted by molar-refractivity contribution is 0.794. The number of nitrogens with zero attached hydrogens (tertiary/aromatic N) is 2. The minimum Gasteiger partial charge on any atom is -0.310 e. The minimum absolute atomic E-state index is 0.514. The third-order valence-electron chi connectivity index (χ3n) is 15.6. The molecular formula is C69H44N2. The van der Waals surface area contributed by atoms with Crippen molar-refractivity contribution in [3.8, 4) is 50.2 Å². The van der Waals surface area contributed by atoms with Gasteiger partial charge in [0.1, 0.15) is 0 Å². The highest BCUT2D eigenvalue weighted by molar-refractivity contribution is 6.19. The average Bonchev–Trinajstić information content (AvgIpc) is 4.06. The van der Waals surface area contributed by atoms with Gasteiger partial charge in [0.15, 0.2) is 0 Å². The molecule has 0 bridgehead atoms. The molecule has 71 heavy (non-hydrogen) atoms. The second-order valence-corrected chi connectivity index (χ2v) is 19.2. The van der Waals surface area contributed by atoms with Gasteiger partial charge in [-0.1, -0.05) is 212 Å². The summed E-state index contributed by atoms with van der Waals surface area (Å²) in [6, 6.07) is 99.2. The molecule has 0 N–H and O–H groups in total. The van der Waals surface area contributed by atoms with Crippen molar-refractivity contribution >= 4 is 60.4 Å². The summed E-state index contributed by atoms with van der Waals surface area (Å²) >= 11 is 0. The Kier molecular flexibility index (Phi) is 8.61. The van der Waals surface area contributed by atoms with Crippen LogP contribution in [0.5, 0.6) is 0 Å². The summed E-state index contributed by atoms with van der Waals surface area (Å²) in [6.45, 7) is 0. The Labute approximate surface area is 412 Å². The quantitative estimate of drug-likeness (QED) is 0.161. The van der Waals surface area contributed by atoms with Crippen molar-refractivity contribution in [1.29, 1.82) is 0 Å². The summed E-state index contributed by atoms with van der Waals surface area (Å²) < 4.78 is 2.45. The second kappa shape index (κ2) is 15.4. The summed E-state index contributed by atoms with van der Waals surface area (Å²) in [5.74, 6) is 0. The maximum absolute atomic E-state index is 2.51. The summed E-state index contributed by atoms with van der Waals surface area (Å²) in [6.07, 6.45) is 0. The van der Waals surface area contributed by atoms with Gasteiger partial charge in [0.05, 0.1) is 22.1 Å². The predicted octanol–water partition coefficient (Wildman–Crippen LogP) is 18.2. The number of anilines is 3. The normalized spacial score (nSPS) is 14.3. The van der Waals surface area contributed by atoms with Gasteiger partial charge in [-0.3, -0.25) is 0 Å². The van der Waals surface area contributed by atoms with Crippen LogP contribution in [0.3, 0.4) is 0 Å². The first-order chi connectivity index (χ1) is 35.2. The zero-order valence-electron chi connectivity index (χ0n) is 38.8. The molecule has 2 heteroatoms. The zero-order chi connectivity index (χ0) is 46.6. The van der Waals surface area contributed by atoms with Gasteiger partial charge in [-0.15, -0.1) is 0 Å². The third-order valence-corrected chi connectivity index (χ3v) is 15.6. The Balaban J connectivity index is 0.923. The molecule has 2 nitrogen and oxygen atoms in total. The Morgan fingerprint density at radius 1 is 0.296 bits per heavy atom. The molecule has 2 aliphatic rings. The van der Waals surface area contributed by atoms with Crippen LogP contribution in [0, 0.1) is 0 Å². The van der Waals surface area contributed by atoms with E-state index in [1.54, 1.807) is 0 Å². The second-order valence-electron chi connectivity index (χ2n) is 19.2. The lowest BCUT2D eigenvalue weighted by atomic mass is 9.70. The van der Waals surface area contributed by atoms with E-state index in [4.69, 9.17) is 0 Å². The highest BCUT2D eigenvalue weighted by atomic mass is 15.1. The van der Waals surface area contributed by atoms with E-state index in [1.165, 1.54) is 110 Å². The highest BCUT2D eigenvalue weighted by Gasteiger charge is 2.52. The van der Waals surface area contributed by atoms with Crippen LogP contribution in [0.2, 0.25) is 0 Å². The van der Waals surface area contributed by atoms with Crippen molar-refractivity contribution in [3.05, 3.63) is 289 Å².